The van der Waals surface area contributed by atoms with Crippen molar-refractivity contribution in [2.75, 3.05) is 0 Å². The minimum atomic E-state index is -5.06. The second-order valence-corrected chi connectivity index (χ2v) is 17.5. The van der Waals surface area contributed by atoms with Gasteiger partial charge in [0.2, 0.25) is 0 Å². The van der Waals surface area contributed by atoms with Crippen molar-refractivity contribution in [1.29, 1.82) is 0 Å². The highest BCUT2D eigenvalue weighted by atomic mass is 32.3. The molecule has 0 saturated heterocycles. The molecule has 0 aliphatic heterocycles. The summed E-state index contributed by atoms with van der Waals surface area (Å²) in [5.74, 6) is 0.900. The Balaban J connectivity index is 1.67. The van der Waals surface area contributed by atoms with Crippen LogP contribution in [0.1, 0.15) is 92.4 Å². The minimum absolute atomic E-state index is 0.00546. The van der Waals surface area contributed by atoms with Crippen molar-refractivity contribution in [3.8, 4) is 0 Å². The normalized spacial score (nSPS) is 41.5. The molecule has 4 aliphatic carbocycles. The molecule has 12 atom stereocenters. The van der Waals surface area contributed by atoms with E-state index in [0.717, 1.165) is 38.5 Å². The molecule has 0 radical (unpaired) electrons. The lowest BCUT2D eigenvalue weighted by atomic mass is 9.43. The second kappa shape index (κ2) is 12.2. The van der Waals surface area contributed by atoms with Crippen LogP contribution in [0, 0.1) is 52.3 Å². The van der Waals surface area contributed by atoms with Crippen LogP contribution in [0.5, 0.6) is 0 Å². The van der Waals surface area contributed by atoms with E-state index in [1.807, 2.05) is 6.92 Å². The van der Waals surface area contributed by atoms with Crippen LogP contribution >= 0.6 is 0 Å². The maximum Gasteiger partial charge on any atom is 0.397 e. The van der Waals surface area contributed by atoms with Gasteiger partial charge in [-0.05, 0) is 117 Å². The molecular formula is C28H48O12S3. The van der Waals surface area contributed by atoms with Gasteiger partial charge in [0.1, 0.15) is 12.2 Å². The van der Waals surface area contributed by atoms with Crippen molar-refractivity contribution in [2.45, 2.75) is 111 Å². The summed E-state index contributed by atoms with van der Waals surface area (Å²) in [4.78, 5) is 0. The summed E-state index contributed by atoms with van der Waals surface area (Å²) in [5, 5.41) is 0. The fourth-order valence-electron chi connectivity index (χ4n) is 9.97. The van der Waals surface area contributed by atoms with E-state index < -0.39 is 60.8 Å². The van der Waals surface area contributed by atoms with Gasteiger partial charge in [-0.3, -0.25) is 13.7 Å². The summed E-state index contributed by atoms with van der Waals surface area (Å²) in [7, 11) is -15.0. The Morgan fingerprint density at radius 3 is 1.86 bits per heavy atom. The van der Waals surface area contributed by atoms with Crippen LogP contribution < -0.4 is 0 Å². The smallest absolute Gasteiger partial charge is 0.264 e. The van der Waals surface area contributed by atoms with Gasteiger partial charge in [0, 0.05) is 0 Å². The largest absolute Gasteiger partial charge is 0.397 e. The van der Waals surface area contributed by atoms with Crippen molar-refractivity contribution in [3.63, 3.8) is 0 Å². The average Bonchev–Trinajstić information content (AvgIpc) is 3.18. The van der Waals surface area contributed by atoms with E-state index in [-0.39, 0.29) is 36.0 Å². The SMILES string of the molecule is C=C(C)[C@@H](C)CC[C@@H](C)[C@H]1CC[C@H]2[C@@H]3CC(OS(=O)(=O)O)C4CC(OS(=O)(=O)O)C(OS(=O)(=O)O)C[C@]4(C)[C@H]3CC[C@]12C. The third-order valence-electron chi connectivity index (χ3n) is 12.0. The van der Waals surface area contributed by atoms with E-state index in [0.29, 0.717) is 24.2 Å². The summed E-state index contributed by atoms with van der Waals surface area (Å²) in [6, 6.07) is 0. The zero-order valence-electron chi connectivity index (χ0n) is 25.6. The molecular weight excluding hydrogens is 624 g/mol. The first-order valence-corrected chi connectivity index (χ1v) is 19.3. The Hall–Kier alpha value is -0.650. The maximum atomic E-state index is 12.0. The van der Waals surface area contributed by atoms with Crippen molar-refractivity contribution < 1.29 is 51.5 Å². The van der Waals surface area contributed by atoms with Gasteiger partial charge in [0.05, 0.1) is 6.10 Å². The molecule has 0 aromatic carbocycles. The number of hydrogen-bond acceptors (Lipinski definition) is 9. The van der Waals surface area contributed by atoms with Crippen LogP contribution in [-0.2, 0) is 43.7 Å². The van der Waals surface area contributed by atoms with Crippen LogP contribution in [-0.4, -0.2) is 57.2 Å². The van der Waals surface area contributed by atoms with E-state index in [4.69, 9.17) is 12.5 Å². The standard InChI is InChI=1S/C28H48O12S3/c1-16(2)17(3)7-8-18(4)20-9-10-21-19-13-24(38-41(29,30)31)23-14-25(39-42(32,33)34)26(40-43(35,36)37)15-28(23,6)22(19)11-12-27(20,21)5/h17-26H,1,7-15H2,2-6H3,(H,29,30,31)(H,32,33,34)(H,35,36,37)/t17-,18+,19-,20+,21-,22-,23?,24?,25?,26?,27+,28+/m0/s1. The summed E-state index contributed by atoms with van der Waals surface area (Å²) in [6.07, 6.45) is 1.71. The molecule has 250 valence electrons. The molecule has 4 unspecified atom stereocenters. The van der Waals surface area contributed by atoms with E-state index in [2.05, 4.69) is 34.3 Å². The van der Waals surface area contributed by atoms with Crippen LogP contribution in [0.25, 0.3) is 0 Å². The van der Waals surface area contributed by atoms with E-state index in [9.17, 15) is 38.9 Å². The predicted molar refractivity (Wildman–Crippen MR) is 158 cm³/mol. The monoisotopic (exact) mass is 672 g/mol. The fourth-order valence-corrected chi connectivity index (χ4v) is 11.5. The van der Waals surface area contributed by atoms with Crippen LogP contribution in [0.2, 0.25) is 0 Å². The highest BCUT2D eigenvalue weighted by molar-refractivity contribution is 7.81. The molecule has 0 amide bonds. The first kappa shape index (κ1) is 35.2. The van der Waals surface area contributed by atoms with Gasteiger partial charge in [0.25, 0.3) is 0 Å². The zero-order chi connectivity index (χ0) is 32.3. The lowest BCUT2D eigenvalue weighted by Gasteiger charge is -2.63. The van der Waals surface area contributed by atoms with E-state index in [1.165, 1.54) is 5.57 Å². The average molecular weight is 673 g/mol. The Kier molecular flexibility index (Phi) is 9.97. The molecule has 12 nitrogen and oxygen atoms in total. The van der Waals surface area contributed by atoms with Crippen LogP contribution in [0.4, 0.5) is 0 Å². The summed E-state index contributed by atoms with van der Waals surface area (Å²) in [6.45, 7) is 14.9. The quantitative estimate of drug-likeness (QED) is 0.196. The molecule has 0 heterocycles. The number of rotatable bonds is 11. The molecule has 0 bridgehead atoms. The molecule has 0 aromatic rings. The van der Waals surface area contributed by atoms with Crippen LogP contribution in [0.3, 0.4) is 0 Å². The van der Waals surface area contributed by atoms with Gasteiger partial charge >= 0.3 is 31.2 Å². The summed E-state index contributed by atoms with van der Waals surface area (Å²) >= 11 is 0. The molecule has 4 rings (SSSR count). The molecule has 43 heavy (non-hydrogen) atoms. The van der Waals surface area contributed by atoms with Crippen molar-refractivity contribution in [1.82, 2.24) is 0 Å². The lowest BCUT2D eigenvalue weighted by Crippen LogP contribution is -2.62. The molecule has 4 saturated carbocycles. The third-order valence-corrected chi connectivity index (χ3v) is 13.5. The minimum Gasteiger partial charge on any atom is -0.264 e. The zero-order valence-corrected chi connectivity index (χ0v) is 28.0. The van der Waals surface area contributed by atoms with Gasteiger partial charge in [-0.25, -0.2) is 12.5 Å². The Morgan fingerprint density at radius 2 is 1.30 bits per heavy atom. The molecule has 3 N–H and O–H groups in total. The topological polar surface area (TPSA) is 191 Å². The maximum absolute atomic E-state index is 12.0. The van der Waals surface area contributed by atoms with Gasteiger partial charge in [-0.1, -0.05) is 39.8 Å². The van der Waals surface area contributed by atoms with E-state index >= 15 is 0 Å². The molecule has 0 aromatic heterocycles. The predicted octanol–water partition coefficient (Wildman–Crippen LogP) is 5.06. The number of hydrogen-bond donors (Lipinski definition) is 3. The first-order valence-electron chi connectivity index (χ1n) is 15.2. The number of allylic oxidation sites excluding steroid dienone is 1. The summed E-state index contributed by atoms with van der Waals surface area (Å²) < 4.78 is 114. The third kappa shape index (κ3) is 7.67. The Morgan fingerprint density at radius 1 is 0.767 bits per heavy atom. The first-order chi connectivity index (χ1) is 19.5. The van der Waals surface area contributed by atoms with E-state index in [1.54, 1.807) is 0 Å². The second-order valence-electron chi connectivity index (χ2n) is 14.4. The lowest BCUT2D eigenvalue weighted by molar-refractivity contribution is -0.184. The fraction of sp³-hybridized carbons (Fsp3) is 0.929. The molecule has 4 aliphatic rings. The molecule has 4 fully saturated rings. The van der Waals surface area contributed by atoms with Gasteiger partial charge in [-0.2, -0.15) is 25.3 Å². The molecule has 0 spiro atoms. The Bertz CT molecular complexity index is 1380. The van der Waals surface area contributed by atoms with Crippen molar-refractivity contribution in [2.24, 2.45) is 52.3 Å². The van der Waals surface area contributed by atoms with Gasteiger partial charge in [0.15, 0.2) is 0 Å². The highest BCUT2D eigenvalue weighted by Crippen LogP contribution is 2.69. The summed E-state index contributed by atoms with van der Waals surface area (Å²) in [5.41, 5.74) is 0.342. The van der Waals surface area contributed by atoms with Crippen molar-refractivity contribution >= 4 is 31.2 Å². The van der Waals surface area contributed by atoms with Gasteiger partial charge in [-0.15, -0.1) is 0 Å². The Labute approximate surface area is 257 Å². The highest BCUT2D eigenvalue weighted by Gasteiger charge is 2.65. The molecule has 15 heteroatoms. The van der Waals surface area contributed by atoms with Crippen LogP contribution in [0.15, 0.2) is 12.2 Å². The van der Waals surface area contributed by atoms with Crippen molar-refractivity contribution in [3.05, 3.63) is 12.2 Å². The number of fused-ring (bicyclic) bond motifs is 5. The van der Waals surface area contributed by atoms with Gasteiger partial charge < -0.3 is 0 Å².